The molecule has 3 rings (SSSR count). The van der Waals surface area contributed by atoms with Gasteiger partial charge in [-0.05, 0) is 55.7 Å². The summed E-state index contributed by atoms with van der Waals surface area (Å²) in [5.41, 5.74) is 11.4. The molecule has 0 saturated carbocycles. The molecule has 0 atom stereocenters. The molecular formula is C17H19N3O. The Bertz CT molecular complexity index is 677. The first kappa shape index (κ1) is 13.5. The molecule has 0 aliphatic carbocycles. The maximum absolute atomic E-state index is 8.71. The minimum atomic E-state index is 0.135. The molecule has 3 N–H and O–H groups in total. The molecule has 108 valence electrons. The lowest BCUT2D eigenvalue weighted by molar-refractivity contribution is 0.318. The van der Waals surface area contributed by atoms with Crippen LogP contribution in [-0.4, -0.2) is 17.6 Å². The van der Waals surface area contributed by atoms with Gasteiger partial charge in [0, 0.05) is 23.5 Å². The van der Waals surface area contributed by atoms with Crippen LogP contribution in [0.4, 0.5) is 11.4 Å². The molecule has 1 aliphatic heterocycles. The van der Waals surface area contributed by atoms with Crippen LogP contribution in [0.1, 0.15) is 23.1 Å². The van der Waals surface area contributed by atoms with Crippen LogP contribution in [0.25, 0.3) is 0 Å². The third-order valence-electron chi connectivity index (χ3n) is 3.94. The van der Waals surface area contributed by atoms with Gasteiger partial charge in [-0.1, -0.05) is 22.9 Å². The number of fused-ring (bicyclic) bond motifs is 1. The minimum absolute atomic E-state index is 0.135. The van der Waals surface area contributed by atoms with Crippen LogP contribution >= 0.6 is 0 Å². The molecule has 0 unspecified atom stereocenters. The van der Waals surface area contributed by atoms with Crippen molar-refractivity contribution in [3.8, 4) is 0 Å². The fourth-order valence-electron chi connectivity index (χ4n) is 2.86. The maximum Gasteiger partial charge on any atom is 0.170 e. The Morgan fingerprint density at radius 1 is 1.19 bits per heavy atom. The summed E-state index contributed by atoms with van der Waals surface area (Å²) in [4.78, 5) is 2.33. The number of hydrogen-bond donors (Lipinski definition) is 2. The largest absolute Gasteiger partial charge is 0.409 e. The van der Waals surface area contributed by atoms with E-state index in [-0.39, 0.29) is 5.84 Å². The summed E-state index contributed by atoms with van der Waals surface area (Å²) >= 11 is 0. The normalized spacial score (nSPS) is 14.9. The van der Waals surface area contributed by atoms with Crippen molar-refractivity contribution >= 4 is 17.2 Å². The first-order valence-corrected chi connectivity index (χ1v) is 7.14. The van der Waals surface area contributed by atoms with Gasteiger partial charge >= 0.3 is 0 Å². The average molecular weight is 281 g/mol. The lowest BCUT2D eigenvalue weighted by Crippen LogP contribution is -2.24. The lowest BCUT2D eigenvalue weighted by Gasteiger charge is -2.31. The number of rotatable bonds is 2. The minimum Gasteiger partial charge on any atom is -0.409 e. The van der Waals surface area contributed by atoms with E-state index in [4.69, 9.17) is 10.9 Å². The van der Waals surface area contributed by atoms with Gasteiger partial charge in [0.15, 0.2) is 5.84 Å². The van der Waals surface area contributed by atoms with E-state index >= 15 is 0 Å². The smallest absolute Gasteiger partial charge is 0.170 e. The molecule has 2 aromatic rings. The van der Waals surface area contributed by atoms with E-state index in [0.29, 0.717) is 0 Å². The molecule has 0 saturated heterocycles. The van der Waals surface area contributed by atoms with Crippen LogP contribution in [-0.2, 0) is 6.42 Å². The summed E-state index contributed by atoms with van der Waals surface area (Å²) in [5, 5.41) is 11.7. The van der Waals surface area contributed by atoms with Gasteiger partial charge in [-0.15, -0.1) is 0 Å². The predicted octanol–water partition coefficient (Wildman–Crippen LogP) is 3.17. The van der Waals surface area contributed by atoms with E-state index in [2.05, 4.69) is 35.2 Å². The summed E-state index contributed by atoms with van der Waals surface area (Å²) in [6.07, 6.45) is 2.29. The first-order valence-electron chi connectivity index (χ1n) is 7.14. The number of benzene rings is 2. The van der Waals surface area contributed by atoms with Crippen molar-refractivity contribution in [3.05, 3.63) is 59.2 Å². The third-order valence-corrected chi connectivity index (χ3v) is 3.94. The summed E-state index contributed by atoms with van der Waals surface area (Å²) in [6, 6.07) is 14.4. The second-order valence-electron chi connectivity index (χ2n) is 5.42. The highest BCUT2D eigenvalue weighted by molar-refractivity contribution is 5.97. The lowest BCUT2D eigenvalue weighted by atomic mass is 9.99. The molecule has 0 radical (unpaired) electrons. The molecule has 1 aliphatic rings. The summed E-state index contributed by atoms with van der Waals surface area (Å²) in [5.74, 6) is 0.135. The van der Waals surface area contributed by atoms with Crippen LogP contribution in [0.5, 0.6) is 0 Å². The number of nitrogens with two attached hydrogens (primary N) is 1. The van der Waals surface area contributed by atoms with Gasteiger partial charge in [0.1, 0.15) is 0 Å². The number of aryl methyl sites for hydroxylation is 2. The van der Waals surface area contributed by atoms with Crippen LogP contribution in [0.3, 0.4) is 0 Å². The van der Waals surface area contributed by atoms with Gasteiger partial charge in [-0.25, -0.2) is 0 Å². The van der Waals surface area contributed by atoms with E-state index in [0.717, 1.165) is 30.6 Å². The van der Waals surface area contributed by atoms with Gasteiger partial charge in [0.25, 0.3) is 0 Å². The average Bonchev–Trinajstić information content (AvgIpc) is 2.53. The van der Waals surface area contributed by atoms with E-state index < -0.39 is 0 Å². The molecular weight excluding hydrogens is 262 g/mol. The number of hydrogen-bond acceptors (Lipinski definition) is 3. The van der Waals surface area contributed by atoms with Gasteiger partial charge in [0.05, 0.1) is 0 Å². The Labute approximate surface area is 124 Å². The van der Waals surface area contributed by atoms with Crippen LogP contribution < -0.4 is 10.6 Å². The Morgan fingerprint density at radius 3 is 2.67 bits per heavy atom. The zero-order chi connectivity index (χ0) is 14.8. The molecule has 4 nitrogen and oxygen atoms in total. The molecule has 0 spiro atoms. The Morgan fingerprint density at radius 2 is 1.95 bits per heavy atom. The molecule has 0 aromatic heterocycles. The zero-order valence-electron chi connectivity index (χ0n) is 12.1. The number of nitrogens with zero attached hydrogens (tertiary/aromatic N) is 2. The van der Waals surface area contributed by atoms with Gasteiger partial charge in [-0.2, -0.15) is 0 Å². The van der Waals surface area contributed by atoms with E-state index in [1.165, 1.54) is 16.8 Å². The van der Waals surface area contributed by atoms with Crippen molar-refractivity contribution in [2.45, 2.75) is 19.8 Å². The summed E-state index contributed by atoms with van der Waals surface area (Å²) < 4.78 is 0. The summed E-state index contributed by atoms with van der Waals surface area (Å²) in [6.45, 7) is 3.14. The fraction of sp³-hybridized carbons (Fsp3) is 0.235. The van der Waals surface area contributed by atoms with E-state index in [1.807, 2.05) is 24.3 Å². The molecule has 21 heavy (non-hydrogen) atoms. The highest BCUT2D eigenvalue weighted by Gasteiger charge is 2.18. The van der Waals surface area contributed by atoms with Crippen molar-refractivity contribution in [2.24, 2.45) is 10.9 Å². The number of anilines is 2. The maximum atomic E-state index is 8.71. The predicted molar refractivity (Wildman–Crippen MR) is 85.5 cm³/mol. The highest BCUT2D eigenvalue weighted by Crippen LogP contribution is 2.33. The van der Waals surface area contributed by atoms with Crippen molar-refractivity contribution in [3.63, 3.8) is 0 Å². The molecule has 1 heterocycles. The van der Waals surface area contributed by atoms with Crippen molar-refractivity contribution in [1.29, 1.82) is 0 Å². The van der Waals surface area contributed by atoms with Gasteiger partial charge < -0.3 is 15.8 Å². The summed E-state index contributed by atoms with van der Waals surface area (Å²) in [7, 11) is 0. The number of amidine groups is 1. The Balaban J connectivity index is 1.95. The topological polar surface area (TPSA) is 61.8 Å². The third kappa shape index (κ3) is 2.57. The molecule has 0 amide bonds. The van der Waals surface area contributed by atoms with E-state index in [1.54, 1.807) is 0 Å². The van der Waals surface area contributed by atoms with Crippen molar-refractivity contribution in [1.82, 2.24) is 0 Å². The fourth-order valence-corrected chi connectivity index (χ4v) is 2.86. The SMILES string of the molecule is Cc1ccc2c(c1)CCCN2c1ccc(/C(N)=N/O)cc1. The van der Waals surface area contributed by atoms with Crippen LogP contribution in [0.15, 0.2) is 47.6 Å². The Hall–Kier alpha value is -2.49. The van der Waals surface area contributed by atoms with Crippen LogP contribution in [0, 0.1) is 6.92 Å². The molecule has 2 aromatic carbocycles. The molecule has 4 heteroatoms. The second-order valence-corrected chi connectivity index (χ2v) is 5.42. The van der Waals surface area contributed by atoms with Crippen LogP contribution in [0.2, 0.25) is 0 Å². The number of oxime groups is 1. The van der Waals surface area contributed by atoms with Gasteiger partial charge in [-0.3, -0.25) is 0 Å². The standard InChI is InChI=1S/C17H19N3O/c1-12-4-9-16-14(11-12)3-2-10-20(16)15-7-5-13(6-8-15)17(18)19-21/h4-9,11,21H,2-3,10H2,1H3,(H2,18,19). The van der Waals surface area contributed by atoms with Gasteiger partial charge in [0.2, 0.25) is 0 Å². The zero-order valence-corrected chi connectivity index (χ0v) is 12.1. The monoisotopic (exact) mass is 281 g/mol. The molecule has 0 fully saturated rings. The quantitative estimate of drug-likeness (QED) is 0.385. The van der Waals surface area contributed by atoms with Crippen molar-refractivity contribution in [2.75, 3.05) is 11.4 Å². The first-order chi connectivity index (χ1) is 10.2. The second kappa shape index (κ2) is 5.48. The Kier molecular flexibility index (Phi) is 3.52. The van der Waals surface area contributed by atoms with E-state index in [9.17, 15) is 0 Å². The van der Waals surface area contributed by atoms with Crippen molar-refractivity contribution < 1.29 is 5.21 Å². The molecule has 0 bridgehead atoms. The highest BCUT2D eigenvalue weighted by atomic mass is 16.4.